The second-order valence-electron chi connectivity index (χ2n) is 5.33. The first-order valence-electron chi connectivity index (χ1n) is 6.98. The number of hydrogen-bond donors (Lipinski definition) is 2. The van der Waals surface area contributed by atoms with Crippen LogP contribution >= 0.6 is 0 Å². The second-order valence-corrected chi connectivity index (χ2v) is 5.33. The van der Waals surface area contributed by atoms with Crippen molar-refractivity contribution >= 4 is 17.3 Å². The minimum absolute atomic E-state index is 0.0856. The van der Waals surface area contributed by atoms with Gasteiger partial charge in [-0.1, -0.05) is 23.8 Å². The van der Waals surface area contributed by atoms with Crippen LogP contribution in [0.15, 0.2) is 36.4 Å². The molecule has 4 nitrogen and oxygen atoms in total. The van der Waals surface area contributed by atoms with E-state index in [1.54, 1.807) is 0 Å². The third kappa shape index (κ3) is 2.99. The number of carbonyl (C=O) groups is 1. The maximum absolute atomic E-state index is 11.3. The van der Waals surface area contributed by atoms with Crippen LogP contribution in [0.4, 0.5) is 11.4 Å². The normalized spacial score (nSPS) is 13.1. The smallest absolute Gasteiger partial charge is 0.262 e. The van der Waals surface area contributed by atoms with Crippen LogP contribution in [0.2, 0.25) is 0 Å². The van der Waals surface area contributed by atoms with E-state index in [1.165, 1.54) is 16.7 Å². The molecule has 2 N–H and O–H groups in total. The van der Waals surface area contributed by atoms with Crippen LogP contribution in [-0.4, -0.2) is 12.5 Å². The summed E-state index contributed by atoms with van der Waals surface area (Å²) in [6, 6.07) is 12.2. The average molecular weight is 282 g/mol. The number of ether oxygens (including phenoxy) is 1. The molecule has 0 radical (unpaired) electrons. The lowest BCUT2D eigenvalue weighted by Gasteiger charge is -2.19. The van der Waals surface area contributed by atoms with Gasteiger partial charge < -0.3 is 15.4 Å². The number of anilines is 2. The van der Waals surface area contributed by atoms with Crippen molar-refractivity contribution in [2.45, 2.75) is 20.4 Å². The van der Waals surface area contributed by atoms with E-state index in [1.807, 2.05) is 18.2 Å². The summed E-state index contributed by atoms with van der Waals surface area (Å²) in [5, 5.41) is 6.20. The zero-order chi connectivity index (χ0) is 14.8. The van der Waals surface area contributed by atoms with Gasteiger partial charge in [-0.25, -0.2) is 0 Å². The van der Waals surface area contributed by atoms with Gasteiger partial charge in [0.1, 0.15) is 5.75 Å². The Kier molecular flexibility index (Phi) is 3.52. The van der Waals surface area contributed by atoms with Crippen molar-refractivity contribution in [1.82, 2.24) is 0 Å². The molecule has 0 saturated carbocycles. The van der Waals surface area contributed by atoms with Crippen LogP contribution in [0.3, 0.4) is 0 Å². The summed E-state index contributed by atoms with van der Waals surface area (Å²) >= 11 is 0. The van der Waals surface area contributed by atoms with Gasteiger partial charge in [0.25, 0.3) is 5.91 Å². The number of fused-ring (bicyclic) bond motifs is 1. The standard InChI is InChI=1S/C17H18N2O2/c1-11-3-4-12(2)13(7-11)9-18-14-5-6-16-15(8-14)19-17(20)10-21-16/h3-8,18H,9-10H2,1-2H3,(H,19,20). The number of aryl methyl sites for hydroxylation is 2. The third-order valence-corrected chi connectivity index (χ3v) is 3.60. The summed E-state index contributed by atoms with van der Waals surface area (Å²) in [6.45, 7) is 5.04. The van der Waals surface area contributed by atoms with Gasteiger partial charge in [0.15, 0.2) is 6.61 Å². The van der Waals surface area contributed by atoms with Crippen molar-refractivity contribution in [3.8, 4) is 5.75 Å². The first-order valence-corrected chi connectivity index (χ1v) is 6.98. The maximum Gasteiger partial charge on any atom is 0.262 e. The van der Waals surface area contributed by atoms with Crippen molar-refractivity contribution in [3.63, 3.8) is 0 Å². The predicted octanol–water partition coefficient (Wildman–Crippen LogP) is 3.25. The fourth-order valence-electron chi connectivity index (χ4n) is 2.38. The number of nitrogens with one attached hydrogen (secondary N) is 2. The monoisotopic (exact) mass is 282 g/mol. The van der Waals surface area contributed by atoms with E-state index in [4.69, 9.17) is 4.74 Å². The molecule has 4 heteroatoms. The zero-order valence-corrected chi connectivity index (χ0v) is 12.2. The molecule has 0 bridgehead atoms. The molecule has 108 valence electrons. The molecule has 0 atom stereocenters. The van der Waals surface area contributed by atoms with E-state index >= 15 is 0 Å². The molecular weight excluding hydrogens is 264 g/mol. The maximum atomic E-state index is 11.3. The van der Waals surface area contributed by atoms with Crippen LogP contribution in [-0.2, 0) is 11.3 Å². The molecule has 0 fully saturated rings. The molecule has 3 rings (SSSR count). The van der Waals surface area contributed by atoms with Crippen molar-refractivity contribution in [3.05, 3.63) is 53.1 Å². The van der Waals surface area contributed by atoms with Crippen LogP contribution in [0.5, 0.6) is 5.75 Å². The van der Waals surface area contributed by atoms with Gasteiger partial charge in [0.2, 0.25) is 0 Å². The SMILES string of the molecule is Cc1ccc(C)c(CNc2ccc3c(c2)NC(=O)CO3)c1. The number of amides is 1. The fourth-order valence-corrected chi connectivity index (χ4v) is 2.38. The number of benzene rings is 2. The van der Waals surface area contributed by atoms with Gasteiger partial charge in [-0.2, -0.15) is 0 Å². The molecule has 1 aliphatic rings. The van der Waals surface area contributed by atoms with Crippen LogP contribution in [0.25, 0.3) is 0 Å². The Balaban J connectivity index is 1.75. The van der Waals surface area contributed by atoms with E-state index < -0.39 is 0 Å². The van der Waals surface area contributed by atoms with Crippen LogP contribution in [0.1, 0.15) is 16.7 Å². The third-order valence-electron chi connectivity index (χ3n) is 3.60. The van der Waals surface area contributed by atoms with Gasteiger partial charge >= 0.3 is 0 Å². The highest BCUT2D eigenvalue weighted by atomic mass is 16.5. The Bertz CT molecular complexity index is 695. The minimum Gasteiger partial charge on any atom is -0.482 e. The van der Waals surface area contributed by atoms with Gasteiger partial charge in [-0.05, 0) is 43.2 Å². The van der Waals surface area contributed by atoms with Crippen molar-refractivity contribution in [1.29, 1.82) is 0 Å². The lowest BCUT2D eigenvalue weighted by Crippen LogP contribution is -2.25. The van der Waals surface area contributed by atoms with Crippen molar-refractivity contribution in [2.75, 3.05) is 17.2 Å². The summed E-state index contributed by atoms with van der Waals surface area (Å²) < 4.78 is 5.35. The summed E-state index contributed by atoms with van der Waals surface area (Å²) in [5.41, 5.74) is 5.47. The van der Waals surface area contributed by atoms with E-state index in [-0.39, 0.29) is 12.5 Å². The first-order chi connectivity index (χ1) is 10.1. The van der Waals surface area contributed by atoms with Crippen LogP contribution in [0, 0.1) is 13.8 Å². The molecule has 0 aromatic heterocycles. The Hall–Kier alpha value is -2.49. The number of carbonyl (C=O) groups excluding carboxylic acids is 1. The molecule has 2 aromatic carbocycles. The molecule has 1 aliphatic heterocycles. The van der Waals surface area contributed by atoms with Gasteiger partial charge in [0, 0.05) is 12.2 Å². The van der Waals surface area contributed by atoms with Crippen LogP contribution < -0.4 is 15.4 Å². The highest BCUT2D eigenvalue weighted by molar-refractivity contribution is 5.96. The quantitative estimate of drug-likeness (QED) is 0.908. The van der Waals surface area contributed by atoms with Crippen molar-refractivity contribution < 1.29 is 9.53 Å². The summed E-state index contributed by atoms with van der Waals surface area (Å²) in [7, 11) is 0. The van der Waals surface area contributed by atoms with Gasteiger partial charge in [-0.15, -0.1) is 0 Å². The molecule has 1 heterocycles. The topological polar surface area (TPSA) is 50.4 Å². The summed E-state index contributed by atoms with van der Waals surface area (Å²) in [6.07, 6.45) is 0. The van der Waals surface area contributed by atoms with E-state index in [0.717, 1.165) is 17.9 Å². The van der Waals surface area contributed by atoms with E-state index in [9.17, 15) is 4.79 Å². The Labute approximate surface area is 124 Å². The summed E-state index contributed by atoms with van der Waals surface area (Å²) in [4.78, 5) is 11.3. The van der Waals surface area contributed by atoms with E-state index in [0.29, 0.717) is 5.75 Å². The van der Waals surface area contributed by atoms with E-state index in [2.05, 4.69) is 42.7 Å². The molecule has 0 saturated heterocycles. The fraction of sp³-hybridized carbons (Fsp3) is 0.235. The predicted molar refractivity (Wildman–Crippen MR) is 83.8 cm³/mol. The molecule has 21 heavy (non-hydrogen) atoms. The highest BCUT2D eigenvalue weighted by Crippen LogP contribution is 2.30. The number of hydrogen-bond acceptors (Lipinski definition) is 3. The molecule has 2 aromatic rings. The Morgan fingerprint density at radius 1 is 1.19 bits per heavy atom. The molecule has 0 aliphatic carbocycles. The van der Waals surface area contributed by atoms with Crippen molar-refractivity contribution in [2.24, 2.45) is 0 Å². The van der Waals surface area contributed by atoms with Gasteiger partial charge in [-0.3, -0.25) is 4.79 Å². The Morgan fingerprint density at radius 3 is 2.90 bits per heavy atom. The zero-order valence-electron chi connectivity index (χ0n) is 12.2. The number of rotatable bonds is 3. The molecular formula is C17H18N2O2. The summed E-state index contributed by atoms with van der Waals surface area (Å²) in [5.74, 6) is 0.598. The second kappa shape index (κ2) is 5.48. The lowest BCUT2D eigenvalue weighted by molar-refractivity contribution is -0.118. The first kappa shape index (κ1) is 13.5. The largest absolute Gasteiger partial charge is 0.482 e. The lowest BCUT2D eigenvalue weighted by atomic mass is 10.1. The molecule has 0 unspecified atom stereocenters. The molecule has 1 amide bonds. The molecule has 0 spiro atoms. The van der Waals surface area contributed by atoms with Gasteiger partial charge in [0.05, 0.1) is 5.69 Å². The Morgan fingerprint density at radius 2 is 2.05 bits per heavy atom. The minimum atomic E-state index is -0.117. The highest BCUT2D eigenvalue weighted by Gasteiger charge is 2.15. The average Bonchev–Trinajstić information content (AvgIpc) is 2.47.